The van der Waals surface area contributed by atoms with Gasteiger partial charge in [0.15, 0.2) is 0 Å². The number of amides is 1. The largest absolute Gasteiger partial charge is 0.872 e. The van der Waals surface area contributed by atoms with Crippen LogP contribution in [0.5, 0.6) is 0 Å². The summed E-state index contributed by atoms with van der Waals surface area (Å²) in [6.45, 7) is 3.69. The molecule has 1 N–H and O–H groups in total. The van der Waals surface area contributed by atoms with Gasteiger partial charge in [-0.1, -0.05) is 29.5 Å². The van der Waals surface area contributed by atoms with Crippen molar-refractivity contribution >= 4 is 34.7 Å². The molecular formula is C23H22ClN3O6. The number of ketones is 1. The summed E-state index contributed by atoms with van der Waals surface area (Å²) in [5.74, 6) is -2.16. The number of hydrogen-bond donors (Lipinski definition) is 1. The Labute approximate surface area is 195 Å². The number of rotatable bonds is 6. The number of quaternary nitrogens is 1. The summed E-state index contributed by atoms with van der Waals surface area (Å²) in [4.78, 5) is 39.1. The van der Waals surface area contributed by atoms with Gasteiger partial charge in [-0.05, 0) is 35.4 Å². The number of nitrogens with one attached hydrogen (secondary N) is 1. The molecule has 0 aromatic heterocycles. The van der Waals surface area contributed by atoms with Crippen molar-refractivity contribution in [3.05, 3.63) is 80.4 Å². The van der Waals surface area contributed by atoms with E-state index in [-0.39, 0.29) is 23.4 Å². The molecule has 172 valence electrons. The topological polar surface area (TPSA) is 117 Å². The summed E-state index contributed by atoms with van der Waals surface area (Å²) in [6.07, 6.45) is 0. The molecule has 2 saturated heterocycles. The van der Waals surface area contributed by atoms with Gasteiger partial charge in [0.2, 0.25) is 5.78 Å². The SMILES string of the molecule is O=C1C(=O)N(CC[NH+]2CCOCC2)C(c2ccc([N+](=O)[O-])cc2)C1=C([O-])c1ccc(Cl)cc1. The van der Waals surface area contributed by atoms with E-state index < -0.39 is 28.4 Å². The van der Waals surface area contributed by atoms with Gasteiger partial charge in [-0.2, -0.15) is 0 Å². The molecule has 33 heavy (non-hydrogen) atoms. The van der Waals surface area contributed by atoms with Crippen molar-refractivity contribution in [3.8, 4) is 0 Å². The molecule has 2 aromatic rings. The first-order chi connectivity index (χ1) is 15.9. The van der Waals surface area contributed by atoms with Crippen molar-refractivity contribution in [1.82, 2.24) is 4.90 Å². The summed E-state index contributed by atoms with van der Waals surface area (Å²) in [6, 6.07) is 10.7. The van der Waals surface area contributed by atoms with E-state index in [4.69, 9.17) is 16.3 Å². The van der Waals surface area contributed by atoms with E-state index in [1.54, 1.807) is 0 Å². The molecule has 2 aliphatic heterocycles. The monoisotopic (exact) mass is 471 g/mol. The van der Waals surface area contributed by atoms with Crippen LogP contribution in [0, 0.1) is 10.1 Å². The number of non-ortho nitro benzene ring substituents is 1. The number of ether oxygens (including phenoxy) is 1. The number of likely N-dealkylation sites (tertiary alicyclic amines) is 1. The Morgan fingerprint density at radius 2 is 1.73 bits per heavy atom. The standard InChI is InChI=1S/C23H22ClN3O6/c24-17-5-1-16(2-6-17)21(28)19-20(15-3-7-18(8-4-15)27(31)32)26(23(30)22(19)29)10-9-25-11-13-33-14-12-25/h1-8,20,28H,9-14H2. The van der Waals surface area contributed by atoms with Gasteiger partial charge in [-0.15, -0.1) is 0 Å². The predicted molar refractivity (Wildman–Crippen MR) is 117 cm³/mol. The van der Waals surface area contributed by atoms with Crippen LogP contribution in [-0.4, -0.2) is 60.9 Å². The fourth-order valence-corrected chi connectivity index (χ4v) is 4.30. The third kappa shape index (κ3) is 4.75. The Kier molecular flexibility index (Phi) is 6.73. The molecule has 0 aliphatic carbocycles. The van der Waals surface area contributed by atoms with Gasteiger partial charge in [0.05, 0.1) is 37.3 Å². The first-order valence-electron chi connectivity index (χ1n) is 10.5. The molecule has 0 bridgehead atoms. The third-order valence-electron chi connectivity index (χ3n) is 5.96. The number of Topliss-reactive ketones (excluding diaryl/α,β-unsaturated/α-hetero) is 1. The van der Waals surface area contributed by atoms with E-state index in [1.807, 2.05) is 0 Å². The van der Waals surface area contributed by atoms with Crippen molar-refractivity contribution in [3.63, 3.8) is 0 Å². The molecule has 10 heteroatoms. The van der Waals surface area contributed by atoms with E-state index in [9.17, 15) is 24.8 Å². The fourth-order valence-electron chi connectivity index (χ4n) is 4.17. The number of nitro benzene ring substituents is 1. The molecule has 0 saturated carbocycles. The minimum Gasteiger partial charge on any atom is -0.872 e. The van der Waals surface area contributed by atoms with Gasteiger partial charge < -0.3 is 19.6 Å². The van der Waals surface area contributed by atoms with Crippen molar-refractivity contribution in [2.24, 2.45) is 0 Å². The number of nitro groups is 1. The number of carbonyl (C=O) groups excluding carboxylic acids is 2. The van der Waals surface area contributed by atoms with Crippen LogP contribution < -0.4 is 10.0 Å². The van der Waals surface area contributed by atoms with Gasteiger partial charge in [-0.3, -0.25) is 19.7 Å². The highest BCUT2D eigenvalue weighted by Gasteiger charge is 2.44. The van der Waals surface area contributed by atoms with E-state index in [1.165, 1.54) is 58.3 Å². The Morgan fingerprint density at radius 1 is 1.09 bits per heavy atom. The van der Waals surface area contributed by atoms with Crippen molar-refractivity contribution in [1.29, 1.82) is 0 Å². The molecule has 1 unspecified atom stereocenters. The normalized spacial score (nSPS) is 20.9. The smallest absolute Gasteiger partial charge is 0.295 e. The second-order valence-electron chi connectivity index (χ2n) is 7.94. The maximum absolute atomic E-state index is 13.3. The van der Waals surface area contributed by atoms with Gasteiger partial charge >= 0.3 is 0 Å². The molecule has 1 amide bonds. The molecule has 2 aromatic carbocycles. The average Bonchev–Trinajstić information content (AvgIpc) is 3.08. The molecular weight excluding hydrogens is 450 g/mol. The van der Waals surface area contributed by atoms with Crippen LogP contribution in [0.3, 0.4) is 0 Å². The molecule has 2 fully saturated rings. The van der Waals surface area contributed by atoms with Crippen molar-refractivity contribution in [2.75, 3.05) is 39.4 Å². The number of morpholine rings is 1. The van der Waals surface area contributed by atoms with Crippen LogP contribution in [0.4, 0.5) is 5.69 Å². The lowest BCUT2D eigenvalue weighted by molar-refractivity contribution is -0.907. The highest BCUT2D eigenvalue weighted by molar-refractivity contribution is 6.46. The third-order valence-corrected chi connectivity index (χ3v) is 6.21. The van der Waals surface area contributed by atoms with Crippen LogP contribution in [-0.2, 0) is 14.3 Å². The summed E-state index contributed by atoms with van der Waals surface area (Å²) in [7, 11) is 0. The Bertz CT molecular complexity index is 1090. The van der Waals surface area contributed by atoms with Crippen LogP contribution in [0.2, 0.25) is 5.02 Å². The van der Waals surface area contributed by atoms with E-state index >= 15 is 0 Å². The summed E-state index contributed by atoms with van der Waals surface area (Å²) >= 11 is 5.92. The van der Waals surface area contributed by atoms with Gasteiger partial charge in [0.25, 0.3) is 11.6 Å². The molecule has 1 atom stereocenters. The molecule has 2 heterocycles. The Hall–Kier alpha value is -3.27. The van der Waals surface area contributed by atoms with Crippen LogP contribution in [0.25, 0.3) is 5.76 Å². The zero-order valence-electron chi connectivity index (χ0n) is 17.7. The van der Waals surface area contributed by atoms with Crippen LogP contribution >= 0.6 is 11.6 Å². The Balaban J connectivity index is 1.74. The predicted octanol–water partition coefficient (Wildman–Crippen LogP) is 0.387. The Morgan fingerprint density at radius 3 is 2.33 bits per heavy atom. The summed E-state index contributed by atoms with van der Waals surface area (Å²) in [5.41, 5.74) is 0.426. The van der Waals surface area contributed by atoms with Crippen molar-refractivity contribution < 1.29 is 29.3 Å². The second kappa shape index (κ2) is 9.70. The lowest BCUT2D eigenvalue weighted by Gasteiger charge is -2.30. The second-order valence-corrected chi connectivity index (χ2v) is 8.38. The molecule has 4 rings (SSSR count). The molecule has 2 aliphatic rings. The quantitative estimate of drug-likeness (QED) is 0.214. The van der Waals surface area contributed by atoms with Crippen LogP contribution in [0.1, 0.15) is 17.2 Å². The van der Waals surface area contributed by atoms with Crippen LogP contribution in [0.15, 0.2) is 54.1 Å². The lowest BCUT2D eigenvalue weighted by atomic mass is 9.95. The zero-order chi connectivity index (χ0) is 23.5. The van der Waals surface area contributed by atoms with Gasteiger partial charge in [0, 0.05) is 22.7 Å². The van der Waals surface area contributed by atoms with E-state index in [0.29, 0.717) is 30.3 Å². The minimum absolute atomic E-state index is 0.121. The fraction of sp³-hybridized carbons (Fsp3) is 0.304. The number of carbonyl (C=O) groups is 2. The number of halogens is 1. The number of benzene rings is 2. The summed E-state index contributed by atoms with van der Waals surface area (Å²) in [5, 5.41) is 24.8. The highest BCUT2D eigenvalue weighted by Crippen LogP contribution is 2.38. The highest BCUT2D eigenvalue weighted by atomic mass is 35.5. The lowest BCUT2D eigenvalue weighted by Crippen LogP contribution is -3.14. The molecule has 9 nitrogen and oxygen atoms in total. The first kappa shape index (κ1) is 22.9. The zero-order valence-corrected chi connectivity index (χ0v) is 18.4. The van der Waals surface area contributed by atoms with E-state index in [0.717, 1.165) is 13.1 Å². The summed E-state index contributed by atoms with van der Waals surface area (Å²) < 4.78 is 5.37. The number of hydrogen-bond acceptors (Lipinski definition) is 6. The molecule has 0 spiro atoms. The average molecular weight is 472 g/mol. The van der Waals surface area contributed by atoms with Crippen molar-refractivity contribution in [2.45, 2.75) is 6.04 Å². The molecule has 0 radical (unpaired) electrons. The maximum Gasteiger partial charge on any atom is 0.295 e. The van der Waals surface area contributed by atoms with Gasteiger partial charge in [-0.25, -0.2) is 0 Å². The van der Waals surface area contributed by atoms with E-state index in [2.05, 4.69) is 0 Å². The minimum atomic E-state index is -0.922. The first-order valence-corrected chi connectivity index (χ1v) is 10.9. The van der Waals surface area contributed by atoms with Gasteiger partial charge in [0.1, 0.15) is 13.1 Å². The number of nitrogens with zero attached hydrogens (tertiary/aromatic N) is 2. The maximum atomic E-state index is 13.3.